The molecule has 0 bridgehead atoms. The van der Waals surface area contributed by atoms with Gasteiger partial charge in [0.15, 0.2) is 0 Å². The Morgan fingerprint density at radius 1 is 1.21 bits per heavy atom. The van der Waals surface area contributed by atoms with Gasteiger partial charge in [0.05, 0.1) is 6.61 Å². The van der Waals surface area contributed by atoms with Crippen molar-refractivity contribution in [3.8, 4) is 0 Å². The second kappa shape index (κ2) is 6.25. The van der Waals surface area contributed by atoms with Crippen molar-refractivity contribution in [3.63, 3.8) is 0 Å². The minimum absolute atomic E-state index is 0.0130. The van der Waals surface area contributed by atoms with Crippen LogP contribution in [0.2, 0.25) is 0 Å². The van der Waals surface area contributed by atoms with E-state index in [9.17, 15) is 4.79 Å². The molecule has 0 aromatic heterocycles. The Labute approximate surface area is 117 Å². The molecule has 2 aliphatic carbocycles. The molecule has 3 nitrogen and oxygen atoms in total. The molecule has 2 fully saturated rings. The number of carbonyl (C=O) groups excluding carboxylic acids is 1. The maximum Gasteiger partial charge on any atom is 0.326 e. The van der Waals surface area contributed by atoms with Crippen LogP contribution in [0, 0.1) is 11.8 Å². The van der Waals surface area contributed by atoms with E-state index in [0.29, 0.717) is 24.5 Å². The summed E-state index contributed by atoms with van der Waals surface area (Å²) in [6.07, 6.45) is 8.30. The zero-order valence-electron chi connectivity index (χ0n) is 12.7. The molecule has 19 heavy (non-hydrogen) atoms. The Hall–Kier alpha value is -0.570. The first-order chi connectivity index (χ1) is 9.08. The average Bonchev–Trinajstić information content (AvgIpc) is 2.87. The lowest BCUT2D eigenvalue weighted by Crippen LogP contribution is -2.62. The Morgan fingerprint density at radius 2 is 1.89 bits per heavy atom. The summed E-state index contributed by atoms with van der Waals surface area (Å²) in [6.45, 7) is 6.85. The van der Waals surface area contributed by atoms with E-state index in [1.54, 1.807) is 0 Å². The Kier molecular flexibility index (Phi) is 4.88. The first kappa shape index (κ1) is 14.8. The Morgan fingerprint density at radius 3 is 2.53 bits per heavy atom. The molecule has 110 valence electrons. The number of ether oxygens (including phenoxy) is 1. The average molecular weight is 267 g/mol. The summed E-state index contributed by atoms with van der Waals surface area (Å²) in [6, 6.07) is 0.511. The van der Waals surface area contributed by atoms with Crippen LogP contribution in [-0.4, -0.2) is 24.2 Å². The number of nitrogens with one attached hydrogen (secondary N) is 1. The summed E-state index contributed by atoms with van der Waals surface area (Å²) in [5, 5.41) is 3.72. The fraction of sp³-hybridized carbons (Fsp3) is 0.938. The molecular weight excluding hydrogens is 238 g/mol. The molecule has 0 aromatic carbocycles. The number of hydrogen-bond donors (Lipinski definition) is 1. The highest BCUT2D eigenvalue weighted by Gasteiger charge is 2.49. The maximum absolute atomic E-state index is 12.6. The van der Waals surface area contributed by atoms with E-state index in [1.165, 1.54) is 32.1 Å². The van der Waals surface area contributed by atoms with Crippen LogP contribution in [0.15, 0.2) is 0 Å². The highest BCUT2D eigenvalue weighted by Crippen LogP contribution is 2.39. The third-order valence-electron chi connectivity index (χ3n) is 5.06. The normalized spacial score (nSPS) is 36.4. The van der Waals surface area contributed by atoms with Crippen molar-refractivity contribution in [2.45, 2.75) is 77.3 Å². The minimum Gasteiger partial charge on any atom is -0.465 e. The summed E-state index contributed by atoms with van der Waals surface area (Å²) in [7, 11) is 0. The van der Waals surface area contributed by atoms with Gasteiger partial charge in [0.1, 0.15) is 5.54 Å². The molecule has 0 aromatic rings. The largest absolute Gasteiger partial charge is 0.465 e. The standard InChI is InChI=1S/C16H29NO2/c1-4-19-15(18)16(17-14-7-5-6-8-14)11-12(2)9-10-13(16)3/h12-14,17H,4-11H2,1-3H3. The minimum atomic E-state index is -0.428. The van der Waals surface area contributed by atoms with Crippen LogP contribution in [0.25, 0.3) is 0 Å². The number of carbonyl (C=O) groups is 1. The molecule has 2 rings (SSSR count). The van der Waals surface area contributed by atoms with Gasteiger partial charge >= 0.3 is 5.97 Å². The maximum atomic E-state index is 12.6. The summed E-state index contributed by atoms with van der Waals surface area (Å²) in [5.74, 6) is 0.971. The summed E-state index contributed by atoms with van der Waals surface area (Å²) in [4.78, 5) is 12.6. The predicted molar refractivity (Wildman–Crippen MR) is 76.9 cm³/mol. The van der Waals surface area contributed by atoms with Crippen LogP contribution >= 0.6 is 0 Å². The molecule has 0 saturated heterocycles. The van der Waals surface area contributed by atoms with Crippen molar-refractivity contribution in [1.82, 2.24) is 5.32 Å². The first-order valence-electron chi connectivity index (χ1n) is 8.03. The van der Waals surface area contributed by atoms with Crippen molar-refractivity contribution in [2.24, 2.45) is 11.8 Å². The van der Waals surface area contributed by atoms with E-state index >= 15 is 0 Å². The van der Waals surface area contributed by atoms with Gasteiger partial charge in [0.2, 0.25) is 0 Å². The number of rotatable bonds is 4. The molecule has 0 heterocycles. The molecule has 3 unspecified atom stereocenters. The molecule has 2 aliphatic rings. The van der Waals surface area contributed by atoms with E-state index in [0.717, 1.165) is 12.8 Å². The van der Waals surface area contributed by atoms with Crippen molar-refractivity contribution < 1.29 is 9.53 Å². The van der Waals surface area contributed by atoms with Crippen LogP contribution in [-0.2, 0) is 9.53 Å². The van der Waals surface area contributed by atoms with Gasteiger partial charge in [-0.25, -0.2) is 0 Å². The predicted octanol–water partition coefficient (Wildman–Crippen LogP) is 3.28. The van der Waals surface area contributed by atoms with Gasteiger partial charge in [-0.2, -0.15) is 0 Å². The molecule has 0 radical (unpaired) electrons. The van der Waals surface area contributed by atoms with E-state index in [1.807, 2.05) is 6.92 Å². The van der Waals surface area contributed by atoms with Crippen LogP contribution in [0.3, 0.4) is 0 Å². The van der Waals surface area contributed by atoms with E-state index < -0.39 is 5.54 Å². The first-order valence-corrected chi connectivity index (χ1v) is 8.03. The van der Waals surface area contributed by atoms with Crippen molar-refractivity contribution >= 4 is 5.97 Å². The van der Waals surface area contributed by atoms with Crippen LogP contribution in [0.4, 0.5) is 0 Å². The lowest BCUT2D eigenvalue weighted by molar-refractivity contribution is -0.157. The molecule has 0 aliphatic heterocycles. The molecule has 3 atom stereocenters. The molecule has 0 amide bonds. The van der Waals surface area contributed by atoms with E-state index in [2.05, 4.69) is 19.2 Å². The topological polar surface area (TPSA) is 38.3 Å². The van der Waals surface area contributed by atoms with Gasteiger partial charge in [0.25, 0.3) is 0 Å². The second-order valence-electron chi connectivity index (χ2n) is 6.61. The Balaban J connectivity index is 2.16. The van der Waals surface area contributed by atoms with E-state index in [4.69, 9.17) is 4.74 Å². The zero-order valence-corrected chi connectivity index (χ0v) is 12.7. The molecule has 1 N–H and O–H groups in total. The third-order valence-corrected chi connectivity index (χ3v) is 5.06. The number of hydrogen-bond acceptors (Lipinski definition) is 3. The van der Waals surface area contributed by atoms with Gasteiger partial charge in [0, 0.05) is 6.04 Å². The van der Waals surface area contributed by atoms with Crippen LogP contribution < -0.4 is 5.32 Å². The highest BCUT2D eigenvalue weighted by atomic mass is 16.5. The zero-order chi connectivity index (χ0) is 13.9. The highest BCUT2D eigenvalue weighted by molar-refractivity contribution is 5.81. The van der Waals surface area contributed by atoms with Crippen molar-refractivity contribution in [3.05, 3.63) is 0 Å². The molecular formula is C16H29NO2. The van der Waals surface area contributed by atoms with Gasteiger partial charge < -0.3 is 4.74 Å². The molecule has 3 heteroatoms. The second-order valence-corrected chi connectivity index (χ2v) is 6.61. The van der Waals surface area contributed by atoms with Gasteiger partial charge in [-0.05, 0) is 44.4 Å². The van der Waals surface area contributed by atoms with Crippen LogP contribution in [0.5, 0.6) is 0 Å². The lowest BCUT2D eigenvalue weighted by atomic mass is 9.69. The summed E-state index contributed by atoms with van der Waals surface area (Å²) < 4.78 is 5.41. The van der Waals surface area contributed by atoms with Gasteiger partial charge in [-0.3, -0.25) is 10.1 Å². The fourth-order valence-electron chi connectivity index (χ4n) is 3.87. The molecule has 2 saturated carbocycles. The summed E-state index contributed by atoms with van der Waals surface area (Å²) >= 11 is 0. The SMILES string of the molecule is CCOC(=O)C1(NC2CCCC2)CC(C)CCC1C. The fourth-order valence-corrected chi connectivity index (χ4v) is 3.87. The smallest absolute Gasteiger partial charge is 0.326 e. The number of esters is 1. The molecule has 0 spiro atoms. The third kappa shape index (κ3) is 3.13. The van der Waals surface area contributed by atoms with Crippen molar-refractivity contribution in [2.75, 3.05) is 6.61 Å². The quantitative estimate of drug-likeness (QED) is 0.794. The summed E-state index contributed by atoms with van der Waals surface area (Å²) in [5.41, 5.74) is -0.428. The van der Waals surface area contributed by atoms with Gasteiger partial charge in [-0.15, -0.1) is 0 Å². The van der Waals surface area contributed by atoms with Crippen LogP contribution in [0.1, 0.15) is 65.7 Å². The van der Waals surface area contributed by atoms with Crippen molar-refractivity contribution in [1.29, 1.82) is 0 Å². The monoisotopic (exact) mass is 267 g/mol. The Bertz CT molecular complexity index is 312. The lowest BCUT2D eigenvalue weighted by Gasteiger charge is -2.45. The van der Waals surface area contributed by atoms with Gasteiger partial charge in [-0.1, -0.05) is 33.1 Å². The van der Waals surface area contributed by atoms with E-state index in [-0.39, 0.29) is 5.97 Å².